The number of aldehydes is 1. The molecule has 3 aromatic rings. The monoisotopic (exact) mass is 346 g/mol. The fourth-order valence-electron chi connectivity index (χ4n) is 3.23. The maximum Gasteiger partial charge on any atom is 0.164 e. The molecule has 25 heavy (non-hydrogen) atoms. The van der Waals surface area contributed by atoms with Crippen molar-refractivity contribution in [2.24, 2.45) is 0 Å². The van der Waals surface area contributed by atoms with E-state index in [1.54, 1.807) is 29.4 Å². The van der Waals surface area contributed by atoms with Crippen molar-refractivity contribution in [1.29, 1.82) is 0 Å². The van der Waals surface area contributed by atoms with Gasteiger partial charge in [0.1, 0.15) is 12.1 Å². The summed E-state index contributed by atoms with van der Waals surface area (Å²) in [6.07, 6.45) is 2.16. The third kappa shape index (κ3) is 2.54. The molecule has 2 N–H and O–H groups in total. The summed E-state index contributed by atoms with van der Waals surface area (Å²) in [6.45, 7) is 0.224. The first kappa shape index (κ1) is 15.6. The Balaban J connectivity index is 1.83. The Morgan fingerprint density at radius 3 is 2.84 bits per heavy atom. The number of hydrogen-bond acceptors (Lipinski definition) is 4. The van der Waals surface area contributed by atoms with Gasteiger partial charge in [0.05, 0.1) is 36.1 Å². The van der Waals surface area contributed by atoms with Crippen LogP contribution in [0.2, 0.25) is 0 Å². The number of benzene rings is 2. The van der Waals surface area contributed by atoms with Crippen LogP contribution in [-0.4, -0.2) is 29.0 Å². The van der Waals surface area contributed by atoms with Gasteiger partial charge in [-0.1, -0.05) is 0 Å². The summed E-state index contributed by atoms with van der Waals surface area (Å²) in [5.74, 6) is -3.34. The lowest BCUT2D eigenvalue weighted by molar-refractivity contribution is -0.109. The van der Waals surface area contributed by atoms with Crippen LogP contribution in [-0.2, 0) is 4.79 Å². The number of nitrogens with zero attached hydrogens (tertiary/aromatic N) is 2. The van der Waals surface area contributed by atoms with E-state index in [1.807, 2.05) is 0 Å². The average Bonchev–Trinajstić information content (AvgIpc) is 3.23. The fraction of sp³-hybridized carbons (Fsp3) is 0.176. The number of H-pyrrole nitrogens is 1. The van der Waals surface area contributed by atoms with Gasteiger partial charge in [-0.3, -0.25) is 5.32 Å². The van der Waals surface area contributed by atoms with Crippen molar-refractivity contribution in [3.63, 3.8) is 0 Å². The Morgan fingerprint density at radius 2 is 2.04 bits per heavy atom. The number of aromatic nitrogens is 2. The Bertz CT molecular complexity index is 958. The second-order valence-electron chi connectivity index (χ2n) is 5.83. The standard InChI is InChI=1S/C17H13F3N4O/c18-9-3-11(16(20)12(19)4-9)17-15(6-25)23-8-24(17)10-1-2-13-14(5-10)22-7-21-13/h1-7,15,17,23H,8H2,(H,21,22). The molecule has 2 atom stereocenters. The highest BCUT2D eigenvalue weighted by Crippen LogP contribution is 2.35. The van der Waals surface area contributed by atoms with Crippen LogP contribution in [0.1, 0.15) is 11.6 Å². The van der Waals surface area contributed by atoms with E-state index in [4.69, 9.17) is 0 Å². The average molecular weight is 346 g/mol. The number of halogens is 3. The summed E-state index contributed by atoms with van der Waals surface area (Å²) < 4.78 is 41.6. The van der Waals surface area contributed by atoms with E-state index in [9.17, 15) is 18.0 Å². The van der Waals surface area contributed by atoms with Crippen LogP contribution < -0.4 is 10.2 Å². The number of rotatable bonds is 3. The number of anilines is 1. The SMILES string of the molecule is O=CC1NCN(c2ccc3[nH]cnc3c2)C1c1cc(F)cc(F)c1F. The minimum atomic E-state index is -1.28. The topological polar surface area (TPSA) is 61.0 Å². The van der Waals surface area contributed by atoms with Crippen molar-refractivity contribution in [2.75, 3.05) is 11.6 Å². The normalized spacial score (nSPS) is 20.4. The van der Waals surface area contributed by atoms with Crippen LogP contribution in [0, 0.1) is 17.5 Å². The second kappa shape index (κ2) is 5.89. The zero-order chi connectivity index (χ0) is 17.6. The number of imidazole rings is 1. The maximum atomic E-state index is 14.3. The molecule has 0 radical (unpaired) electrons. The predicted octanol–water partition coefficient (Wildman–Crippen LogP) is 2.66. The van der Waals surface area contributed by atoms with Gasteiger partial charge >= 0.3 is 0 Å². The van der Waals surface area contributed by atoms with E-state index in [0.717, 1.165) is 11.6 Å². The lowest BCUT2D eigenvalue weighted by atomic mass is 9.98. The molecule has 1 aliphatic heterocycles. The lowest BCUT2D eigenvalue weighted by Crippen LogP contribution is -2.30. The van der Waals surface area contributed by atoms with E-state index >= 15 is 0 Å². The smallest absolute Gasteiger partial charge is 0.164 e. The summed E-state index contributed by atoms with van der Waals surface area (Å²) >= 11 is 0. The van der Waals surface area contributed by atoms with Crippen molar-refractivity contribution in [3.05, 3.63) is 59.7 Å². The first-order valence-corrected chi connectivity index (χ1v) is 7.61. The number of nitrogens with one attached hydrogen (secondary N) is 2. The molecule has 1 aromatic heterocycles. The van der Waals surface area contributed by atoms with Crippen LogP contribution in [0.25, 0.3) is 11.0 Å². The van der Waals surface area contributed by atoms with Gasteiger partial charge in [0.25, 0.3) is 0 Å². The Kier molecular flexibility index (Phi) is 3.69. The summed E-state index contributed by atoms with van der Waals surface area (Å²) in [7, 11) is 0. The van der Waals surface area contributed by atoms with Crippen LogP contribution in [0.15, 0.2) is 36.7 Å². The molecule has 1 fully saturated rings. The number of aromatic amines is 1. The molecule has 8 heteroatoms. The maximum absolute atomic E-state index is 14.3. The second-order valence-corrected chi connectivity index (χ2v) is 5.83. The summed E-state index contributed by atoms with van der Waals surface area (Å²) in [5, 5.41) is 2.93. The van der Waals surface area contributed by atoms with Gasteiger partial charge in [-0.15, -0.1) is 0 Å². The minimum absolute atomic E-state index is 0.207. The summed E-state index contributed by atoms with van der Waals surface area (Å²) in [5.41, 5.74) is 1.96. The molecular weight excluding hydrogens is 333 g/mol. The van der Waals surface area contributed by atoms with Crippen molar-refractivity contribution < 1.29 is 18.0 Å². The van der Waals surface area contributed by atoms with Crippen LogP contribution in [0.4, 0.5) is 18.9 Å². The van der Waals surface area contributed by atoms with Gasteiger partial charge in [0.15, 0.2) is 11.6 Å². The van der Waals surface area contributed by atoms with Crippen LogP contribution >= 0.6 is 0 Å². The molecule has 0 spiro atoms. The molecule has 0 amide bonds. The Hall–Kier alpha value is -2.87. The lowest BCUT2D eigenvalue weighted by Gasteiger charge is -2.28. The number of fused-ring (bicyclic) bond motifs is 1. The van der Waals surface area contributed by atoms with Crippen molar-refractivity contribution in [3.8, 4) is 0 Å². The first-order chi connectivity index (χ1) is 12.1. The van der Waals surface area contributed by atoms with Gasteiger partial charge in [0, 0.05) is 17.3 Å². The van der Waals surface area contributed by atoms with E-state index in [-0.39, 0.29) is 12.2 Å². The van der Waals surface area contributed by atoms with E-state index in [0.29, 0.717) is 23.6 Å². The van der Waals surface area contributed by atoms with Gasteiger partial charge in [-0.05, 0) is 24.3 Å². The van der Waals surface area contributed by atoms with E-state index in [2.05, 4.69) is 15.3 Å². The third-order valence-electron chi connectivity index (χ3n) is 4.40. The Morgan fingerprint density at radius 1 is 1.20 bits per heavy atom. The highest BCUT2D eigenvalue weighted by Gasteiger charge is 2.37. The largest absolute Gasteiger partial charge is 0.349 e. The predicted molar refractivity (Wildman–Crippen MR) is 85.5 cm³/mol. The summed E-state index contributed by atoms with van der Waals surface area (Å²) in [6, 6.07) is 5.07. The molecule has 128 valence electrons. The zero-order valence-corrected chi connectivity index (χ0v) is 12.8. The molecule has 0 aliphatic carbocycles. The first-order valence-electron chi connectivity index (χ1n) is 7.61. The molecule has 2 unspecified atom stereocenters. The van der Waals surface area contributed by atoms with Gasteiger partial charge in [0.2, 0.25) is 0 Å². The molecule has 0 saturated carbocycles. The van der Waals surface area contributed by atoms with Crippen LogP contribution in [0.5, 0.6) is 0 Å². The Labute approximate surface area is 140 Å². The molecule has 2 heterocycles. The number of carbonyl (C=O) groups is 1. The fourth-order valence-corrected chi connectivity index (χ4v) is 3.23. The van der Waals surface area contributed by atoms with Gasteiger partial charge < -0.3 is 14.7 Å². The number of hydrogen-bond donors (Lipinski definition) is 2. The molecular formula is C17H13F3N4O. The molecule has 0 bridgehead atoms. The highest BCUT2D eigenvalue weighted by atomic mass is 19.2. The molecule has 1 aliphatic rings. The zero-order valence-electron chi connectivity index (χ0n) is 12.8. The van der Waals surface area contributed by atoms with Crippen molar-refractivity contribution >= 4 is 23.0 Å². The third-order valence-corrected chi connectivity index (χ3v) is 4.40. The number of carbonyl (C=O) groups excluding carboxylic acids is 1. The molecule has 2 aromatic carbocycles. The molecule has 5 nitrogen and oxygen atoms in total. The summed E-state index contributed by atoms with van der Waals surface area (Å²) in [4.78, 5) is 20.2. The van der Waals surface area contributed by atoms with E-state index in [1.165, 1.54) is 0 Å². The van der Waals surface area contributed by atoms with Gasteiger partial charge in [-0.25, -0.2) is 18.2 Å². The quantitative estimate of drug-likeness (QED) is 0.565. The highest BCUT2D eigenvalue weighted by molar-refractivity contribution is 5.79. The molecule has 1 saturated heterocycles. The molecule has 4 rings (SSSR count). The van der Waals surface area contributed by atoms with E-state index < -0.39 is 29.5 Å². The van der Waals surface area contributed by atoms with Crippen molar-refractivity contribution in [2.45, 2.75) is 12.1 Å². The minimum Gasteiger partial charge on any atom is -0.349 e. The van der Waals surface area contributed by atoms with Gasteiger partial charge in [-0.2, -0.15) is 0 Å². The van der Waals surface area contributed by atoms with Crippen LogP contribution in [0.3, 0.4) is 0 Å². The van der Waals surface area contributed by atoms with Crippen molar-refractivity contribution in [1.82, 2.24) is 15.3 Å².